The lowest BCUT2D eigenvalue weighted by atomic mass is 10.2. The molecule has 0 fully saturated rings. The van der Waals surface area contributed by atoms with Crippen molar-refractivity contribution in [3.63, 3.8) is 0 Å². The van der Waals surface area contributed by atoms with Crippen LogP contribution in [0, 0.1) is 0 Å². The molecular weight excluding hydrogens is 177 g/mol. The fourth-order valence-corrected chi connectivity index (χ4v) is 0.788. The molecule has 0 aliphatic heterocycles. The minimum absolute atomic E-state index is 0.0958. The molecule has 0 radical (unpaired) electrons. The number of carboxylic acid groups (broad SMARTS) is 1. The van der Waals surface area contributed by atoms with Crippen LogP contribution in [0.25, 0.3) is 0 Å². The average molecular weight is 187 g/mol. The summed E-state index contributed by atoms with van der Waals surface area (Å²) < 4.78 is 17.5. The molecule has 1 N–H and O–H groups in total. The minimum Gasteiger partial charge on any atom is -0.479 e. The van der Waals surface area contributed by atoms with Gasteiger partial charge in [0.2, 0.25) is 5.89 Å². The molecule has 0 saturated carbocycles. The van der Waals surface area contributed by atoms with E-state index in [1.807, 2.05) is 13.8 Å². The zero-order valence-electron chi connectivity index (χ0n) is 7.32. The van der Waals surface area contributed by atoms with E-state index in [-0.39, 0.29) is 5.92 Å². The lowest BCUT2D eigenvalue weighted by molar-refractivity contribution is -0.143. The number of alkyl halides is 1. The van der Waals surface area contributed by atoms with Crippen LogP contribution < -0.4 is 0 Å². The van der Waals surface area contributed by atoms with E-state index in [2.05, 4.69) is 9.40 Å². The molecule has 72 valence electrons. The maximum absolute atomic E-state index is 12.8. The molecule has 0 aliphatic rings. The first kappa shape index (κ1) is 9.70. The number of nitrogens with zero attached hydrogens (tertiary/aromatic N) is 1. The Balaban J connectivity index is 2.85. The lowest BCUT2D eigenvalue weighted by Gasteiger charge is -1.96. The van der Waals surface area contributed by atoms with Gasteiger partial charge < -0.3 is 9.52 Å². The molecule has 0 bridgehead atoms. The molecule has 13 heavy (non-hydrogen) atoms. The second kappa shape index (κ2) is 3.55. The van der Waals surface area contributed by atoms with Crippen molar-refractivity contribution < 1.29 is 18.7 Å². The van der Waals surface area contributed by atoms with Crippen LogP contribution in [0.1, 0.15) is 37.5 Å². The van der Waals surface area contributed by atoms with Gasteiger partial charge in [0.05, 0.1) is 5.69 Å². The number of hydrogen-bond acceptors (Lipinski definition) is 3. The summed E-state index contributed by atoms with van der Waals surface area (Å²) in [6.45, 7) is 3.71. The predicted octanol–water partition coefficient (Wildman–Crippen LogP) is 1.89. The summed E-state index contributed by atoms with van der Waals surface area (Å²) in [5, 5.41) is 8.31. The van der Waals surface area contributed by atoms with E-state index >= 15 is 0 Å². The van der Waals surface area contributed by atoms with Gasteiger partial charge in [-0.05, 0) is 5.92 Å². The Morgan fingerprint density at radius 1 is 1.69 bits per heavy atom. The Kier molecular flexibility index (Phi) is 2.65. The van der Waals surface area contributed by atoms with Crippen LogP contribution in [0.5, 0.6) is 0 Å². The molecule has 0 amide bonds. The van der Waals surface area contributed by atoms with Crippen molar-refractivity contribution in [2.45, 2.75) is 25.9 Å². The van der Waals surface area contributed by atoms with Gasteiger partial charge in [-0.2, -0.15) is 0 Å². The quantitative estimate of drug-likeness (QED) is 0.784. The Labute approximate surface area is 74.4 Å². The zero-order valence-corrected chi connectivity index (χ0v) is 7.32. The summed E-state index contributed by atoms with van der Waals surface area (Å²) in [6.07, 6.45) is -0.900. The number of aliphatic carboxylic acids is 1. The van der Waals surface area contributed by atoms with E-state index in [0.717, 1.165) is 0 Å². The van der Waals surface area contributed by atoms with E-state index in [9.17, 15) is 9.18 Å². The molecule has 1 heterocycles. The summed E-state index contributed by atoms with van der Waals surface area (Å²) in [5.74, 6) is -1.88. The number of rotatable bonds is 3. The van der Waals surface area contributed by atoms with E-state index in [4.69, 9.17) is 5.11 Å². The highest BCUT2D eigenvalue weighted by atomic mass is 19.1. The molecule has 4 nitrogen and oxygen atoms in total. The highest BCUT2D eigenvalue weighted by molar-refractivity contribution is 5.72. The van der Waals surface area contributed by atoms with Gasteiger partial charge in [-0.15, -0.1) is 0 Å². The van der Waals surface area contributed by atoms with Gasteiger partial charge in [-0.3, -0.25) is 0 Å². The normalized spacial score (nSPS) is 13.2. The van der Waals surface area contributed by atoms with E-state index in [1.165, 1.54) is 6.26 Å². The number of halogens is 1. The second-order valence-electron chi connectivity index (χ2n) is 2.97. The first-order valence-electron chi connectivity index (χ1n) is 3.84. The summed E-state index contributed by atoms with van der Waals surface area (Å²) in [5.41, 5.74) is 0.555. The third-order valence-electron chi connectivity index (χ3n) is 1.56. The third kappa shape index (κ3) is 2.05. The van der Waals surface area contributed by atoms with Gasteiger partial charge >= 0.3 is 5.97 Å². The monoisotopic (exact) mass is 187 g/mol. The Morgan fingerprint density at radius 2 is 2.31 bits per heavy atom. The first-order chi connectivity index (χ1) is 6.02. The van der Waals surface area contributed by atoms with Gasteiger partial charge in [-0.1, -0.05) is 13.8 Å². The maximum Gasteiger partial charge on any atom is 0.348 e. The Morgan fingerprint density at radius 3 is 2.69 bits per heavy atom. The molecule has 0 spiro atoms. The number of aromatic nitrogens is 1. The minimum atomic E-state index is -2.17. The summed E-state index contributed by atoms with van der Waals surface area (Å²) >= 11 is 0. The summed E-state index contributed by atoms with van der Waals surface area (Å²) in [6, 6.07) is 0. The summed E-state index contributed by atoms with van der Waals surface area (Å²) in [7, 11) is 0. The molecule has 0 aromatic carbocycles. The van der Waals surface area contributed by atoms with Crippen LogP contribution in [0.15, 0.2) is 10.7 Å². The van der Waals surface area contributed by atoms with Crippen molar-refractivity contribution in [1.82, 2.24) is 4.98 Å². The largest absolute Gasteiger partial charge is 0.479 e. The molecule has 1 atom stereocenters. The first-order valence-corrected chi connectivity index (χ1v) is 3.84. The van der Waals surface area contributed by atoms with E-state index in [0.29, 0.717) is 5.69 Å². The average Bonchev–Trinajstić information content (AvgIpc) is 2.50. The fraction of sp³-hybridized carbons (Fsp3) is 0.500. The molecule has 1 aromatic heterocycles. The van der Waals surface area contributed by atoms with Crippen LogP contribution in [0.2, 0.25) is 0 Å². The van der Waals surface area contributed by atoms with Crippen molar-refractivity contribution in [2.75, 3.05) is 0 Å². The number of hydrogen-bond donors (Lipinski definition) is 1. The lowest BCUT2D eigenvalue weighted by Crippen LogP contribution is -2.06. The standard InChI is InChI=1S/C8H10FNO3/c1-4(2)5-3-13-7(10-5)6(9)8(11)12/h3-4,6H,1-2H3,(H,11,12). The molecule has 1 rings (SSSR count). The van der Waals surface area contributed by atoms with E-state index < -0.39 is 18.0 Å². The highest BCUT2D eigenvalue weighted by Crippen LogP contribution is 2.20. The topological polar surface area (TPSA) is 63.3 Å². The van der Waals surface area contributed by atoms with Gasteiger partial charge in [0.25, 0.3) is 6.17 Å². The molecule has 1 unspecified atom stereocenters. The molecule has 5 heteroatoms. The SMILES string of the molecule is CC(C)c1coc(C(F)C(=O)O)n1. The van der Waals surface area contributed by atoms with Crippen molar-refractivity contribution in [1.29, 1.82) is 0 Å². The van der Waals surface area contributed by atoms with Crippen molar-refractivity contribution in [2.24, 2.45) is 0 Å². The Bertz CT molecular complexity index is 308. The molecule has 1 aromatic rings. The van der Waals surface area contributed by atoms with Gasteiger partial charge in [0.15, 0.2) is 0 Å². The third-order valence-corrected chi connectivity index (χ3v) is 1.56. The van der Waals surface area contributed by atoms with Gasteiger partial charge in [-0.25, -0.2) is 14.2 Å². The predicted molar refractivity (Wildman–Crippen MR) is 42.1 cm³/mol. The Hall–Kier alpha value is -1.39. The number of carbonyl (C=O) groups is 1. The van der Waals surface area contributed by atoms with Crippen LogP contribution >= 0.6 is 0 Å². The van der Waals surface area contributed by atoms with Crippen molar-refractivity contribution >= 4 is 5.97 Å². The van der Waals surface area contributed by atoms with Gasteiger partial charge in [0.1, 0.15) is 6.26 Å². The van der Waals surface area contributed by atoms with Crippen molar-refractivity contribution in [3.8, 4) is 0 Å². The van der Waals surface area contributed by atoms with Crippen molar-refractivity contribution in [3.05, 3.63) is 17.8 Å². The summed E-state index contributed by atoms with van der Waals surface area (Å²) in [4.78, 5) is 13.9. The molecule has 0 aliphatic carbocycles. The fourth-order valence-electron chi connectivity index (χ4n) is 0.788. The number of carboxylic acids is 1. The van der Waals surface area contributed by atoms with E-state index in [1.54, 1.807) is 0 Å². The van der Waals surface area contributed by atoms with Gasteiger partial charge in [0, 0.05) is 0 Å². The molecular formula is C8H10FNO3. The van der Waals surface area contributed by atoms with Crippen LogP contribution in [-0.4, -0.2) is 16.1 Å². The smallest absolute Gasteiger partial charge is 0.348 e. The van der Waals surface area contributed by atoms with Crippen LogP contribution in [-0.2, 0) is 4.79 Å². The highest BCUT2D eigenvalue weighted by Gasteiger charge is 2.24. The maximum atomic E-state index is 12.8. The number of oxazole rings is 1. The second-order valence-corrected chi connectivity index (χ2v) is 2.97. The zero-order chi connectivity index (χ0) is 10.0. The van der Waals surface area contributed by atoms with Crippen LogP contribution in [0.4, 0.5) is 4.39 Å². The van der Waals surface area contributed by atoms with Crippen LogP contribution in [0.3, 0.4) is 0 Å². The molecule has 0 saturated heterocycles.